The fraction of sp³-hybridized carbons (Fsp3) is 0.500. The van der Waals surface area contributed by atoms with Crippen LogP contribution in [0.4, 0.5) is 0 Å². The molecule has 0 heterocycles. The lowest BCUT2D eigenvalue weighted by molar-refractivity contribution is -0.144. The highest BCUT2D eigenvalue weighted by Gasteiger charge is 2.18. The van der Waals surface area contributed by atoms with Crippen LogP contribution in [0.1, 0.15) is 38.3 Å². The smallest absolute Gasteiger partial charge is 0.319 e. The summed E-state index contributed by atoms with van der Waals surface area (Å²) in [6.45, 7) is 6.52. The van der Waals surface area contributed by atoms with Crippen LogP contribution in [-0.2, 0) is 15.3 Å². The number of esters is 1. The molecule has 1 atom stereocenters. The van der Waals surface area contributed by atoms with Gasteiger partial charge in [0, 0.05) is 5.75 Å². The molecule has 0 radical (unpaired) electrons. The van der Waals surface area contributed by atoms with Crippen LogP contribution in [-0.4, -0.2) is 17.8 Å². The minimum Gasteiger partial charge on any atom is -0.465 e. The average Bonchev–Trinajstić information content (AvgIpc) is 2.46. The molecule has 0 fully saturated rings. The van der Waals surface area contributed by atoms with E-state index in [9.17, 15) is 4.79 Å². The molecule has 0 N–H and O–H groups in total. The van der Waals surface area contributed by atoms with E-state index in [-0.39, 0.29) is 11.2 Å². The second-order valence-corrected chi connectivity index (χ2v) is 6.23. The molecule has 0 aromatic heterocycles. The van der Waals surface area contributed by atoms with Crippen LogP contribution in [0.25, 0.3) is 0 Å². The van der Waals surface area contributed by atoms with Gasteiger partial charge in [-0.15, -0.1) is 11.8 Å². The van der Waals surface area contributed by atoms with Crippen molar-refractivity contribution in [3.63, 3.8) is 0 Å². The van der Waals surface area contributed by atoms with E-state index in [0.29, 0.717) is 18.1 Å². The highest BCUT2D eigenvalue weighted by molar-refractivity contribution is 7.99. The van der Waals surface area contributed by atoms with E-state index in [1.807, 2.05) is 32.9 Å². The van der Waals surface area contributed by atoms with E-state index in [1.165, 1.54) is 0 Å². The van der Waals surface area contributed by atoms with Crippen molar-refractivity contribution in [2.45, 2.75) is 38.2 Å². The zero-order valence-corrected chi connectivity index (χ0v) is 13.1. The first-order valence-corrected chi connectivity index (χ1v) is 7.89. The molecule has 0 saturated heterocycles. The largest absolute Gasteiger partial charge is 0.465 e. The number of nitrogens with zero attached hydrogens (tertiary/aromatic N) is 1. The molecular formula is C16H21NO2S. The number of benzene rings is 1. The molecule has 1 aromatic carbocycles. The van der Waals surface area contributed by atoms with Crippen LogP contribution in [0.3, 0.4) is 0 Å². The van der Waals surface area contributed by atoms with Gasteiger partial charge >= 0.3 is 5.97 Å². The van der Waals surface area contributed by atoms with Crippen molar-refractivity contribution < 1.29 is 9.53 Å². The van der Waals surface area contributed by atoms with Crippen LogP contribution >= 0.6 is 11.8 Å². The third-order valence-corrected chi connectivity index (χ3v) is 4.15. The number of carbonyl (C=O) groups excluding carboxylic acids is 1. The Morgan fingerprint density at radius 1 is 1.35 bits per heavy atom. The number of carbonyl (C=O) groups is 1. The van der Waals surface area contributed by atoms with Crippen molar-refractivity contribution in [1.29, 1.82) is 5.26 Å². The third-order valence-electron chi connectivity index (χ3n) is 2.73. The summed E-state index contributed by atoms with van der Waals surface area (Å²) < 4.78 is 5.28. The first kappa shape index (κ1) is 16.6. The molecule has 4 heteroatoms. The quantitative estimate of drug-likeness (QED) is 0.718. The SMILES string of the molecule is CCC(SCc1ccc(C#N)cc1)C(=O)OCC(C)C. The fourth-order valence-corrected chi connectivity index (χ4v) is 2.59. The summed E-state index contributed by atoms with van der Waals surface area (Å²) in [5.41, 5.74) is 1.77. The Bertz CT molecular complexity index is 462. The predicted molar refractivity (Wildman–Crippen MR) is 82.3 cm³/mol. The Balaban J connectivity index is 2.47. The maximum absolute atomic E-state index is 11.9. The molecule has 0 amide bonds. The molecule has 0 aliphatic heterocycles. The predicted octanol–water partition coefficient (Wildman–Crippen LogP) is 3.77. The second kappa shape index (κ2) is 8.65. The zero-order valence-electron chi connectivity index (χ0n) is 12.3. The fourth-order valence-electron chi connectivity index (χ4n) is 1.57. The summed E-state index contributed by atoms with van der Waals surface area (Å²) in [4.78, 5) is 11.9. The first-order chi connectivity index (χ1) is 9.56. The number of hydrogen-bond acceptors (Lipinski definition) is 4. The zero-order chi connectivity index (χ0) is 15.0. The first-order valence-electron chi connectivity index (χ1n) is 6.84. The Morgan fingerprint density at radius 2 is 2.00 bits per heavy atom. The Hall–Kier alpha value is -1.47. The Kier molecular flexibility index (Phi) is 7.17. The molecule has 20 heavy (non-hydrogen) atoms. The maximum Gasteiger partial charge on any atom is 0.319 e. The van der Waals surface area contributed by atoms with E-state index in [2.05, 4.69) is 6.07 Å². The van der Waals surface area contributed by atoms with Gasteiger partial charge in [-0.25, -0.2) is 0 Å². The summed E-state index contributed by atoms with van der Waals surface area (Å²) in [6, 6.07) is 9.55. The minimum absolute atomic E-state index is 0.121. The van der Waals surface area contributed by atoms with E-state index in [0.717, 1.165) is 17.7 Å². The van der Waals surface area contributed by atoms with Gasteiger partial charge in [0.25, 0.3) is 0 Å². The summed E-state index contributed by atoms with van der Waals surface area (Å²) in [7, 11) is 0. The van der Waals surface area contributed by atoms with E-state index >= 15 is 0 Å². The Morgan fingerprint density at radius 3 is 2.50 bits per heavy atom. The number of rotatable bonds is 7. The number of thioether (sulfide) groups is 1. The second-order valence-electron chi connectivity index (χ2n) is 5.04. The van der Waals surface area contributed by atoms with Crippen molar-refractivity contribution in [2.75, 3.05) is 6.61 Å². The molecule has 1 aromatic rings. The topological polar surface area (TPSA) is 50.1 Å². The molecule has 0 spiro atoms. The van der Waals surface area contributed by atoms with Gasteiger partial charge in [-0.3, -0.25) is 4.79 Å². The van der Waals surface area contributed by atoms with Crippen molar-refractivity contribution in [3.05, 3.63) is 35.4 Å². The molecule has 3 nitrogen and oxygen atoms in total. The normalized spacial score (nSPS) is 11.9. The molecular weight excluding hydrogens is 270 g/mol. The summed E-state index contributed by atoms with van der Waals surface area (Å²) >= 11 is 1.59. The highest BCUT2D eigenvalue weighted by atomic mass is 32.2. The lowest BCUT2D eigenvalue weighted by atomic mass is 10.2. The van der Waals surface area contributed by atoms with E-state index in [4.69, 9.17) is 10.00 Å². The van der Waals surface area contributed by atoms with Crippen molar-refractivity contribution in [1.82, 2.24) is 0 Å². The van der Waals surface area contributed by atoms with Crippen molar-refractivity contribution in [2.24, 2.45) is 5.92 Å². The van der Waals surface area contributed by atoms with Crippen molar-refractivity contribution in [3.8, 4) is 6.07 Å². The van der Waals surface area contributed by atoms with Gasteiger partial charge in [0.05, 0.1) is 18.2 Å². The lowest BCUT2D eigenvalue weighted by Gasteiger charge is -2.15. The van der Waals surface area contributed by atoms with Crippen LogP contribution in [0.2, 0.25) is 0 Å². The van der Waals surface area contributed by atoms with Crippen LogP contribution in [0.5, 0.6) is 0 Å². The van der Waals surface area contributed by atoms with Crippen LogP contribution in [0, 0.1) is 17.2 Å². The maximum atomic E-state index is 11.9. The highest BCUT2D eigenvalue weighted by Crippen LogP contribution is 2.22. The number of hydrogen-bond donors (Lipinski definition) is 0. The van der Waals surface area contributed by atoms with Gasteiger partial charge in [0.1, 0.15) is 5.25 Å². The molecule has 1 unspecified atom stereocenters. The van der Waals surface area contributed by atoms with Crippen LogP contribution in [0.15, 0.2) is 24.3 Å². The standard InChI is InChI=1S/C16H21NO2S/c1-4-15(16(18)19-10-12(2)3)20-11-14-7-5-13(9-17)6-8-14/h5-8,12,15H,4,10-11H2,1-3H3. The third kappa shape index (κ3) is 5.66. The number of ether oxygens (including phenoxy) is 1. The van der Waals surface area contributed by atoms with E-state index < -0.39 is 0 Å². The van der Waals surface area contributed by atoms with Gasteiger partial charge in [0.2, 0.25) is 0 Å². The molecule has 0 bridgehead atoms. The minimum atomic E-state index is -0.125. The summed E-state index contributed by atoms with van der Waals surface area (Å²) in [5, 5.41) is 8.62. The molecule has 108 valence electrons. The van der Waals surface area contributed by atoms with Crippen LogP contribution < -0.4 is 0 Å². The Labute approximate surface area is 125 Å². The molecule has 0 saturated carbocycles. The van der Waals surface area contributed by atoms with Gasteiger partial charge < -0.3 is 4.74 Å². The summed E-state index contributed by atoms with van der Waals surface area (Å²) in [6.07, 6.45) is 0.762. The van der Waals surface area contributed by atoms with Gasteiger partial charge in [-0.05, 0) is 30.0 Å². The van der Waals surface area contributed by atoms with E-state index in [1.54, 1.807) is 23.9 Å². The molecule has 0 aliphatic carbocycles. The van der Waals surface area contributed by atoms with Gasteiger partial charge in [-0.1, -0.05) is 32.9 Å². The monoisotopic (exact) mass is 291 g/mol. The van der Waals surface area contributed by atoms with Crippen molar-refractivity contribution >= 4 is 17.7 Å². The molecule has 0 aliphatic rings. The lowest BCUT2D eigenvalue weighted by Crippen LogP contribution is -2.21. The molecule has 1 rings (SSSR count). The number of nitriles is 1. The average molecular weight is 291 g/mol. The summed E-state index contributed by atoms with van der Waals surface area (Å²) in [5.74, 6) is 0.987. The van der Waals surface area contributed by atoms with Gasteiger partial charge in [-0.2, -0.15) is 5.26 Å². The van der Waals surface area contributed by atoms with Gasteiger partial charge in [0.15, 0.2) is 0 Å².